The molecule has 0 bridgehead atoms. The van der Waals surface area contributed by atoms with Crippen molar-refractivity contribution in [2.75, 3.05) is 13.2 Å². The van der Waals surface area contributed by atoms with E-state index in [-0.39, 0.29) is 44.7 Å². The number of esters is 2. The number of carbonyl (C=O) groups excluding carboxylic acids is 3. The fourth-order valence-corrected chi connectivity index (χ4v) is 7.01. The van der Waals surface area contributed by atoms with Crippen molar-refractivity contribution < 1.29 is 33.8 Å². The molecule has 8 heteroatoms. The lowest BCUT2D eigenvalue weighted by molar-refractivity contribution is -0.149. The molecule has 0 saturated carbocycles. The number of carboxylic acids is 1. The molecule has 0 fully saturated rings. The second-order valence-electron chi connectivity index (χ2n) is 15.9. The molecule has 318 valence electrons. The fraction of sp³-hybridized carbons (Fsp3) is 0.913. The van der Waals surface area contributed by atoms with Gasteiger partial charge < -0.3 is 19.9 Å². The van der Waals surface area contributed by atoms with Crippen molar-refractivity contribution in [1.82, 2.24) is 5.32 Å². The summed E-state index contributed by atoms with van der Waals surface area (Å²) in [5, 5.41) is 11.5. The molecule has 8 nitrogen and oxygen atoms in total. The molecular formula is C46H87NO7. The SMILES string of the molecule is CCCCCCCCCCCCCCCCCCOC(=O)CCC(NC(=O)CCCC(=O)O)C(=O)OCCCCCCCCCCCCCCCCCC. The Morgan fingerprint density at radius 3 is 1.11 bits per heavy atom. The van der Waals surface area contributed by atoms with Crippen molar-refractivity contribution >= 4 is 23.8 Å². The van der Waals surface area contributed by atoms with Gasteiger partial charge in [-0.05, 0) is 25.7 Å². The smallest absolute Gasteiger partial charge is 0.328 e. The maximum Gasteiger partial charge on any atom is 0.328 e. The van der Waals surface area contributed by atoms with Crippen molar-refractivity contribution in [2.45, 2.75) is 257 Å². The highest BCUT2D eigenvalue weighted by molar-refractivity contribution is 5.85. The Bertz CT molecular complexity index is 864. The normalized spacial score (nSPS) is 11.7. The minimum absolute atomic E-state index is 0.00109. The average Bonchev–Trinajstić information content (AvgIpc) is 3.15. The highest BCUT2D eigenvalue weighted by atomic mass is 16.5. The summed E-state index contributed by atoms with van der Waals surface area (Å²) in [5.41, 5.74) is 0. The molecule has 0 radical (unpaired) electrons. The molecule has 1 unspecified atom stereocenters. The number of ether oxygens (including phenoxy) is 2. The first-order valence-corrected chi connectivity index (χ1v) is 23.2. The third-order valence-electron chi connectivity index (χ3n) is 10.6. The Kier molecular flexibility index (Phi) is 40.4. The minimum Gasteiger partial charge on any atom is -0.481 e. The van der Waals surface area contributed by atoms with Crippen LogP contribution >= 0.6 is 0 Å². The highest BCUT2D eigenvalue weighted by Gasteiger charge is 2.23. The van der Waals surface area contributed by atoms with Crippen LogP contribution in [0.15, 0.2) is 0 Å². The molecule has 0 saturated heterocycles. The van der Waals surface area contributed by atoms with E-state index in [1.54, 1.807) is 0 Å². The number of unbranched alkanes of at least 4 members (excludes halogenated alkanes) is 30. The first-order chi connectivity index (χ1) is 26.4. The number of hydrogen-bond acceptors (Lipinski definition) is 6. The molecule has 0 aromatic rings. The maximum absolute atomic E-state index is 12.9. The summed E-state index contributed by atoms with van der Waals surface area (Å²) in [4.78, 5) is 48.6. The van der Waals surface area contributed by atoms with E-state index in [0.29, 0.717) is 6.61 Å². The predicted octanol–water partition coefficient (Wildman–Crippen LogP) is 13.1. The van der Waals surface area contributed by atoms with Gasteiger partial charge in [-0.25, -0.2) is 4.79 Å². The molecule has 0 heterocycles. The van der Waals surface area contributed by atoms with Gasteiger partial charge in [0.2, 0.25) is 5.91 Å². The van der Waals surface area contributed by atoms with Crippen LogP contribution in [0.1, 0.15) is 251 Å². The van der Waals surface area contributed by atoms with Gasteiger partial charge in [0.15, 0.2) is 0 Å². The number of carboxylic acid groups (broad SMARTS) is 1. The summed E-state index contributed by atoms with van der Waals surface area (Å²) in [5.74, 6) is -2.31. The summed E-state index contributed by atoms with van der Waals surface area (Å²) >= 11 is 0. The zero-order valence-corrected chi connectivity index (χ0v) is 35.6. The van der Waals surface area contributed by atoms with Crippen LogP contribution in [0.4, 0.5) is 0 Å². The third kappa shape index (κ3) is 39.6. The van der Waals surface area contributed by atoms with Crippen LogP contribution in [0.3, 0.4) is 0 Å². The highest BCUT2D eigenvalue weighted by Crippen LogP contribution is 2.16. The van der Waals surface area contributed by atoms with Crippen molar-refractivity contribution in [1.29, 1.82) is 0 Å². The molecule has 0 aliphatic rings. The van der Waals surface area contributed by atoms with Gasteiger partial charge in [0.05, 0.1) is 13.2 Å². The van der Waals surface area contributed by atoms with Crippen LogP contribution in [0, 0.1) is 0 Å². The summed E-state index contributed by atoms with van der Waals surface area (Å²) < 4.78 is 10.9. The van der Waals surface area contributed by atoms with Crippen LogP contribution in [0.5, 0.6) is 0 Å². The van der Waals surface area contributed by atoms with Gasteiger partial charge in [-0.1, -0.05) is 206 Å². The van der Waals surface area contributed by atoms with Crippen LogP contribution in [0.2, 0.25) is 0 Å². The van der Waals surface area contributed by atoms with E-state index in [0.717, 1.165) is 38.5 Å². The lowest BCUT2D eigenvalue weighted by Crippen LogP contribution is -2.42. The largest absolute Gasteiger partial charge is 0.481 e. The number of carbonyl (C=O) groups is 4. The number of nitrogens with one attached hydrogen (secondary N) is 1. The van der Waals surface area contributed by atoms with Crippen molar-refractivity contribution in [3.8, 4) is 0 Å². The zero-order chi connectivity index (χ0) is 39.6. The van der Waals surface area contributed by atoms with Crippen LogP contribution < -0.4 is 5.32 Å². The van der Waals surface area contributed by atoms with Gasteiger partial charge in [-0.2, -0.15) is 0 Å². The van der Waals surface area contributed by atoms with Crippen molar-refractivity contribution in [3.63, 3.8) is 0 Å². The maximum atomic E-state index is 12.9. The molecule has 0 aromatic heterocycles. The zero-order valence-electron chi connectivity index (χ0n) is 35.6. The number of aliphatic carboxylic acids is 1. The third-order valence-corrected chi connectivity index (χ3v) is 10.6. The lowest BCUT2D eigenvalue weighted by atomic mass is 10.0. The molecule has 0 rings (SSSR count). The predicted molar refractivity (Wildman–Crippen MR) is 224 cm³/mol. The Morgan fingerprint density at radius 1 is 0.426 bits per heavy atom. The van der Waals surface area contributed by atoms with E-state index in [1.165, 1.54) is 167 Å². The molecule has 0 aliphatic heterocycles. The summed E-state index contributed by atoms with van der Waals surface area (Å²) in [6.45, 7) is 5.18. The first-order valence-electron chi connectivity index (χ1n) is 23.2. The van der Waals surface area contributed by atoms with Gasteiger partial charge >= 0.3 is 17.9 Å². The van der Waals surface area contributed by atoms with Crippen molar-refractivity contribution in [2.24, 2.45) is 0 Å². The van der Waals surface area contributed by atoms with Crippen LogP contribution in [-0.4, -0.2) is 48.2 Å². The molecule has 2 N–H and O–H groups in total. The fourth-order valence-electron chi connectivity index (χ4n) is 7.01. The lowest BCUT2D eigenvalue weighted by Gasteiger charge is -2.17. The van der Waals surface area contributed by atoms with Crippen LogP contribution in [0.25, 0.3) is 0 Å². The summed E-state index contributed by atoms with van der Waals surface area (Å²) in [6, 6.07) is -0.952. The van der Waals surface area contributed by atoms with Crippen LogP contribution in [-0.2, 0) is 28.7 Å². The Hall–Kier alpha value is -2.12. The molecule has 1 amide bonds. The van der Waals surface area contributed by atoms with E-state index in [2.05, 4.69) is 19.2 Å². The number of hydrogen-bond donors (Lipinski definition) is 2. The Balaban J connectivity index is 4.05. The van der Waals surface area contributed by atoms with E-state index in [9.17, 15) is 19.2 Å². The van der Waals surface area contributed by atoms with E-state index < -0.39 is 23.9 Å². The summed E-state index contributed by atoms with van der Waals surface area (Å²) in [7, 11) is 0. The van der Waals surface area contributed by atoms with Gasteiger partial charge in [0.1, 0.15) is 6.04 Å². The second kappa shape index (κ2) is 42.0. The number of rotatable bonds is 43. The second-order valence-corrected chi connectivity index (χ2v) is 15.9. The quantitative estimate of drug-likeness (QED) is 0.0468. The molecule has 0 aromatic carbocycles. The Labute approximate surface area is 332 Å². The topological polar surface area (TPSA) is 119 Å². The number of amides is 1. The minimum atomic E-state index is -0.968. The Morgan fingerprint density at radius 2 is 0.759 bits per heavy atom. The van der Waals surface area contributed by atoms with E-state index in [4.69, 9.17) is 14.6 Å². The standard InChI is InChI=1S/C46H87NO7/c1-3-5-7-9-11-13-15-17-19-21-23-25-27-29-31-33-40-53-45(51)39-38-42(47-43(48)36-35-37-44(49)50)46(52)54-41-34-32-30-28-26-24-22-20-18-16-14-12-10-8-6-4-2/h42H,3-41H2,1-2H3,(H,47,48)(H,49,50). The average molecular weight is 766 g/mol. The molecule has 1 atom stereocenters. The monoisotopic (exact) mass is 766 g/mol. The molecule has 0 aliphatic carbocycles. The van der Waals surface area contributed by atoms with E-state index in [1.807, 2.05) is 0 Å². The molecule has 54 heavy (non-hydrogen) atoms. The molecule has 0 spiro atoms. The van der Waals surface area contributed by atoms with Gasteiger partial charge in [-0.15, -0.1) is 0 Å². The van der Waals surface area contributed by atoms with Gasteiger partial charge in [-0.3, -0.25) is 14.4 Å². The first kappa shape index (κ1) is 51.9. The van der Waals surface area contributed by atoms with Gasteiger partial charge in [0.25, 0.3) is 0 Å². The molecular weight excluding hydrogens is 679 g/mol. The van der Waals surface area contributed by atoms with E-state index >= 15 is 0 Å². The van der Waals surface area contributed by atoms with Gasteiger partial charge in [0, 0.05) is 19.3 Å². The summed E-state index contributed by atoms with van der Waals surface area (Å²) in [6.07, 6.45) is 41.1. The van der Waals surface area contributed by atoms with Crippen molar-refractivity contribution in [3.05, 3.63) is 0 Å².